The van der Waals surface area contributed by atoms with E-state index in [9.17, 15) is 0 Å². The first-order valence-corrected chi connectivity index (χ1v) is 6.79. The van der Waals surface area contributed by atoms with Crippen LogP contribution < -0.4 is 5.32 Å². The molecule has 2 nitrogen and oxygen atoms in total. The van der Waals surface area contributed by atoms with Gasteiger partial charge in [-0.05, 0) is 43.0 Å². The smallest absolute Gasteiger partial charge is 0.0639 e. The fraction of sp³-hybridized carbons (Fsp3) is 0.571. The molecule has 0 bridgehead atoms. The molecule has 0 aromatic heterocycles. The van der Waals surface area contributed by atoms with E-state index in [2.05, 4.69) is 5.32 Å². The van der Waals surface area contributed by atoms with Gasteiger partial charge in [0.25, 0.3) is 0 Å². The summed E-state index contributed by atoms with van der Waals surface area (Å²) < 4.78 is 5.67. The third-order valence-corrected chi connectivity index (χ3v) is 3.50. The number of nitrogens with one attached hydrogen (secondary N) is 1. The van der Waals surface area contributed by atoms with Crippen LogP contribution in [0.4, 0.5) is 5.69 Å². The SMILES string of the molecule is Clc1ccc(NCCOCC2CCCC2)cc1. The average Bonchev–Trinajstić information content (AvgIpc) is 2.84. The molecule has 0 spiro atoms. The Labute approximate surface area is 108 Å². The number of hydrogen-bond donors (Lipinski definition) is 1. The Kier molecular flexibility index (Phi) is 5.14. The van der Waals surface area contributed by atoms with Gasteiger partial charge in [-0.3, -0.25) is 0 Å². The molecule has 1 saturated carbocycles. The lowest BCUT2D eigenvalue weighted by atomic mass is 10.1. The summed E-state index contributed by atoms with van der Waals surface area (Å²) in [6.07, 6.45) is 5.48. The van der Waals surface area contributed by atoms with Crippen LogP contribution in [0.25, 0.3) is 0 Å². The first kappa shape index (κ1) is 12.7. The summed E-state index contributed by atoms with van der Waals surface area (Å²) in [6, 6.07) is 7.76. The van der Waals surface area contributed by atoms with Crippen molar-refractivity contribution in [3.05, 3.63) is 29.3 Å². The van der Waals surface area contributed by atoms with Crippen LogP contribution in [0.2, 0.25) is 5.02 Å². The predicted octanol–water partition coefficient (Wildman–Crippen LogP) is 3.96. The zero-order valence-corrected chi connectivity index (χ0v) is 10.9. The number of hydrogen-bond acceptors (Lipinski definition) is 2. The maximum Gasteiger partial charge on any atom is 0.0639 e. The summed E-state index contributed by atoms with van der Waals surface area (Å²) in [6.45, 7) is 2.57. The van der Waals surface area contributed by atoms with Crippen LogP contribution in [0.5, 0.6) is 0 Å². The van der Waals surface area contributed by atoms with Crippen LogP contribution in [0, 0.1) is 5.92 Å². The van der Waals surface area contributed by atoms with Crippen molar-refractivity contribution in [1.82, 2.24) is 0 Å². The molecule has 0 heterocycles. The lowest BCUT2D eigenvalue weighted by molar-refractivity contribution is 0.109. The fourth-order valence-electron chi connectivity index (χ4n) is 2.26. The predicted molar refractivity (Wildman–Crippen MR) is 72.7 cm³/mol. The standard InChI is InChI=1S/C14H20ClNO/c15-13-5-7-14(8-6-13)16-9-10-17-11-12-3-1-2-4-12/h5-8,12,16H,1-4,9-11H2. The number of ether oxygens (including phenoxy) is 1. The van der Waals surface area contributed by atoms with Crippen molar-refractivity contribution in [1.29, 1.82) is 0 Å². The van der Waals surface area contributed by atoms with Crippen molar-refractivity contribution < 1.29 is 4.74 Å². The molecule has 1 N–H and O–H groups in total. The van der Waals surface area contributed by atoms with E-state index < -0.39 is 0 Å². The van der Waals surface area contributed by atoms with Gasteiger partial charge in [-0.1, -0.05) is 24.4 Å². The van der Waals surface area contributed by atoms with Gasteiger partial charge in [-0.15, -0.1) is 0 Å². The van der Waals surface area contributed by atoms with Gasteiger partial charge in [-0.25, -0.2) is 0 Å². The van der Waals surface area contributed by atoms with E-state index in [0.717, 1.165) is 36.4 Å². The van der Waals surface area contributed by atoms with Crippen LogP contribution in [-0.2, 0) is 4.74 Å². The van der Waals surface area contributed by atoms with Crippen LogP contribution in [0.1, 0.15) is 25.7 Å². The monoisotopic (exact) mass is 253 g/mol. The van der Waals surface area contributed by atoms with Gasteiger partial charge >= 0.3 is 0 Å². The van der Waals surface area contributed by atoms with Crippen molar-refractivity contribution in [2.75, 3.05) is 25.1 Å². The van der Waals surface area contributed by atoms with Crippen LogP contribution in [0.15, 0.2) is 24.3 Å². The van der Waals surface area contributed by atoms with E-state index in [1.807, 2.05) is 24.3 Å². The third-order valence-electron chi connectivity index (χ3n) is 3.25. The maximum atomic E-state index is 5.82. The third kappa shape index (κ3) is 4.57. The minimum absolute atomic E-state index is 0.771. The highest BCUT2D eigenvalue weighted by molar-refractivity contribution is 6.30. The lowest BCUT2D eigenvalue weighted by Crippen LogP contribution is -2.13. The van der Waals surface area contributed by atoms with Crippen molar-refractivity contribution in [2.45, 2.75) is 25.7 Å². The molecular weight excluding hydrogens is 234 g/mol. The molecule has 0 saturated heterocycles. The number of anilines is 1. The molecule has 0 unspecified atom stereocenters. The van der Waals surface area contributed by atoms with Crippen LogP contribution >= 0.6 is 11.6 Å². The molecule has 0 aliphatic heterocycles. The van der Waals surface area contributed by atoms with Crippen LogP contribution in [-0.4, -0.2) is 19.8 Å². The number of benzene rings is 1. The van der Waals surface area contributed by atoms with Gasteiger partial charge in [0.2, 0.25) is 0 Å². The zero-order chi connectivity index (χ0) is 11.9. The van der Waals surface area contributed by atoms with Crippen molar-refractivity contribution >= 4 is 17.3 Å². The highest BCUT2D eigenvalue weighted by Gasteiger charge is 2.14. The Morgan fingerprint density at radius 3 is 2.59 bits per heavy atom. The summed E-state index contributed by atoms with van der Waals surface area (Å²) in [4.78, 5) is 0. The second kappa shape index (κ2) is 6.87. The Morgan fingerprint density at radius 2 is 1.88 bits per heavy atom. The molecule has 1 aliphatic rings. The minimum atomic E-state index is 0.771. The topological polar surface area (TPSA) is 21.3 Å². The largest absolute Gasteiger partial charge is 0.383 e. The molecule has 1 aromatic carbocycles. The van der Waals surface area contributed by atoms with E-state index in [0.29, 0.717) is 0 Å². The van der Waals surface area contributed by atoms with Crippen molar-refractivity contribution in [2.24, 2.45) is 5.92 Å². The molecule has 1 aromatic rings. The summed E-state index contributed by atoms with van der Waals surface area (Å²) >= 11 is 5.82. The highest BCUT2D eigenvalue weighted by atomic mass is 35.5. The van der Waals surface area contributed by atoms with E-state index in [-0.39, 0.29) is 0 Å². The van der Waals surface area contributed by atoms with E-state index >= 15 is 0 Å². The van der Waals surface area contributed by atoms with Crippen molar-refractivity contribution in [3.8, 4) is 0 Å². The summed E-state index contributed by atoms with van der Waals surface area (Å²) in [5.41, 5.74) is 1.10. The molecule has 1 fully saturated rings. The quantitative estimate of drug-likeness (QED) is 0.775. The lowest BCUT2D eigenvalue weighted by Gasteiger charge is -2.11. The Hall–Kier alpha value is -0.730. The van der Waals surface area contributed by atoms with Gasteiger partial charge in [-0.2, -0.15) is 0 Å². The molecule has 2 rings (SSSR count). The van der Waals surface area contributed by atoms with E-state index in [1.165, 1.54) is 25.7 Å². The van der Waals surface area contributed by atoms with Gasteiger partial charge in [0.05, 0.1) is 6.61 Å². The first-order valence-electron chi connectivity index (χ1n) is 6.42. The normalized spacial score (nSPS) is 16.3. The molecular formula is C14H20ClNO. The molecule has 0 atom stereocenters. The second-order valence-electron chi connectivity index (χ2n) is 4.66. The molecule has 94 valence electrons. The maximum absolute atomic E-state index is 5.82. The molecule has 17 heavy (non-hydrogen) atoms. The fourth-order valence-corrected chi connectivity index (χ4v) is 2.39. The summed E-state index contributed by atoms with van der Waals surface area (Å²) in [7, 11) is 0. The van der Waals surface area contributed by atoms with Gasteiger partial charge in [0, 0.05) is 23.9 Å². The highest BCUT2D eigenvalue weighted by Crippen LogP contribution is 2.24. The van der Waals surface area contributed by atoms with Crippen LogP contribution in [0.3, 0.4) is 0 Å². The Bertz CT molecular complexity index is 319. The Morgan fingerprint density at radius 1 is 1.18 bits per heavy atom. The molecule has 1 aliphatic carbocycles. The first-order chi connectivity index (χ1) is 8.34. The zero-order valence-electron chi connectivity index (χ0n) is 10.1. The summed E-state index contributed by atoms with van der Waals surface area (Å²) in [5.74, 6) is 0.811. The summed E-state index contributed by atoms with van der Waals surface area (Å²) in [5, 5.41) is 4.08. The molecule has 0 amide bonds. The second-order valence-corrected chi connectivity index (χ2v) is 5.10. The Balaban J connectivity index is 1.55. The minimum Gasteiger partial charge on any atom is -0.383 e. The van der Waals surface area contributed by atoms with Gasteiger partial charge in [0.1, 0.15) is 0 Å². The van der Waals surface area contributed by atoms with Gasteiger partial charge in [0.15, 0.2) is 0 Å². The number of rotatable bonds is 6. The molecule has 3 heteroatoms. The molecule has 0 radical (unpaired) electrons. The average molecular weight is 254 g/mol. The van der Waals surface area contributed by atoms with Gasteiger partial charge < -0.3 is 10.1 Å². The van der Waals surface area contributed by atoms with Crippen molar-refractivity contribution in [3.63, 3.8) is 0 Å². The van der Waals surface area contributed by atoms with E-state index in [1.54, 1.807) is 0 Å². The van der Waals surface area contributed by atoms with E-state index in [4.69, 9.17) is 16.3 Å². The number of halogens is 1.